The van der Waals surface area contributed by atoms with Crippen LogP contribution in [0.25, 0.3) is 0 Å². The van der Waals surface area contributed by atoms with Crippen LogP contribution in [0.1, 0.15) is 19.3 Å². The molecule has 1 spiro atoms. The summed E-state index contributed by atoms with van der Waals surface area (Å²) in [6.07, 6.45) is 8.88. The van der Waals surface area contributed by atoms with Gasteiger partial charge in [0, 0.05) is 44.0 Å². The van der Waals surface area contributed by atoms with E-state index < -0.39 is 29.6 Å². The maximum absolute atomic E-state index is 14.1. The van der Waals surface area contributed by atoms with Crippen molar-refractivity contribution in [2.24, 2.45) is 11.8 Å². The Morgan fingerprint density at radius 3 is 2.54 bits per heavy atom. The van der Waals surface area contributed by atoms with Gasteiger partial charge in [0.1, 0.15) is 11.6 Å². The smallest absolute Gasteiger partial charge is 0.253 e. The third kappa shape index (κ3) is 3.88. The molecule has 1 aromatic rings. The van der Waals surface area contributed by atoms with Crippen molar-refractivity contribution in [3.8, 4) is 0 Å². The number of fused-ring (bicyclic) bond motifs is 2. The van der Waals surface area contributed by atoms with Crippen LogP contribution in [0.4, 0.5) is 5.69 Å². The van der Waals surface area contributed by atoms with Crippen molar-refractivity contribution in [1.29, 1.82) is 0 Å². The van der Waals surface area contributed by atoms with Crippen LogP contribution < -0.4 is 4.90 Å². The van der Waals surface area contributed by atoms with E-state index in [4.69, 9.17) is 21.4 Å². The fourth-order valence-electron chi connectivity index (χ4n) is 5.93. The molecule has 0 radical (unpaired) electrons. The summed E-state index contributed by atoms with van der Waals surface area (Å²) in [4.78, 5) is 46.3. The monoisotopic (exact) mass is 499 g/mol. The first-order valence-electron chi connectivity index (χ1n) is 12.1. The van der Waals surface area contributed by atoms with E-state index in [-0.39, 0.29) is 24.3 Å². The number of anilines is 1. The van der Waals surface area contributed by atoms with Crippen LogP contribution in [0.2, 0.25) is 5.02 Å². The van der Waals surface area contributed by atoms with Gasteiger partial charge in [-0.05, 0) is 43.5 Å². The van der Waals surface area contributed by atoms with Gasteiger partial charge in [0.25, 0.3) is 5.91 Å². The number of ether oxygens (including phenoxy) is 1. The van der Waals surface area contributed by atoms with Crippen LogP contribution in [0.5, 0.6) is 0 Å². The van der Waals surface area contributed by atoms with Crippen molar-refractivity contribution in [3.05, 3.63) is 53.6 Å². The van der Waals surface area contributed by atoms with Crippen LogP contribution in [-0.2, 0) is 19.1 Å². The molecule has 4 heterocycles. The Morgan fingerprint density at radius 1 is 1.03 bits per heavy atom. The molecule has 186 valence electrons. The summed E-state index contributed by atoms with van der Waals surface area (Å²) in [6.45, 7) is 1.21. The van der Waals surface area contributed by atoms with Gasteiger partial charge in [-0.15, -0.1) is 0 Å². The van der Waals surface area contributed by atoms with E-state index in [0.29, 0.717) is 43.2 Å². The molecule has 9 heteroatoms. The predicted octanol–water partition coefficient (Wildman–Crippen LogP) is 2.01. The highest BCUT2D eigenvalue weighted by molar-refractivity contribution is 6.30. The second-order valence-electron chi connectivity index (χ2n) is 9.63. The first-order valence-corrected chi connectivity index (χ1v) is 12.5. The lowest BCUT2D eigenvalue weighted by Gasteiger charge is -2.35. The topological polar surface area (TPSA) is 90.4 Å². The van der Waals surface area contributed by atoms with E-state index in [9.17, 15) is 14.4 Å². The van der Waals surface area contributed by atoms with Crippen LogP contribution in [-0.4, -0.2) is 83.7 Å². The van der Waals surface area contributed by atoms with Gasteiger partial charge in [-0.25, -0.2) is 0 Å². The van der Waals surface area contributed by atoms with Gasteiger partial charge in [0.15, 0.2) is 0 Å². The molecule has 1 aromatic carbocycles. The summed E-state index contributed by atoms with van der Waals surface area (Å²) in [5.41, 5.74) is -0.542. The predicted molar refractivity (Wildman–Crippen MR) is 131 cm³/mol. The summed E-state index contributed by atoms with van der Waals surface area (Å²) >= 11 is 6.06. The number of benzene rings is 1. The van der Waals surface area contributed by atoms with E-state index in [1.54, 1.807) is 46.0 Å². The number of likely N-dealkylation sites (N-methyl/N-ethyl adjacent to an activating group) is 1. The number of hydrogen-bond acceptors (Lipinski definition) is 5. The van der Waals surface area contributed by atoms with Gasteiger partial charge >= 0.3 is 0 Å². The van der Waals surface area contributed by atoms with Gasteiger partial charge in [0.2, 0.25) is 11.8 Å². The van der Waals surface area contributed by atoms with Crippen LogP contribution in [0.15, 0.2) is 48.6 Å². The minimum absolute atomic E-state index is 0.0794. The van der Waals surface area contributed by atoms with Crippen molar-refractivity contribution in [1.82, 2.24) is 9.80 Å². The number of aliphatic hydroxyl groups excluding tert-OH is 1. The molecule has 1 unspecified atom stereocenters. The van der Waals surface area contributed by atoms with E-state index in [1.165, 1.54) is 0 Å². The zero-order chi connectivity index (χ0) is 24.7. The Balaban J connectivity index is 1.56. The van der Waals surface area contributed by atoms with Crippen LogP contribution in [0, 0.1) is 11.8 Å². The summed E-state index contributed by atoms with van der Waals surface area (Å²) in [5, 5.41) is 9.74. The van der Waals surface area contributed by atoms with Crippen LogP contribution in [0.3, 0.4) is 0 Å². The molecular weight excluding hydrogens is 470 g/mol. The minimum Gasteiger partial charge on any atom is -0.396 e. The zero-order valence-electron chi connectivity index (χ0n) is 19.7. The first kappa shape index (κ1) is 24.0. The molecule has 0 saturated carbocycles. The molecule has 0 aromatic heterocycles. The normalized spacial score (nSPS) is 32.0. The summed E-state index contributed by atoms with van der Waals surface area (Å²) in [6, 6.07) is 6.14. The molecule has 35 heavy (non-hydrogen) atoms. The first-order chi connectivity index (χ1) is 16.9. The fraction of sp³-hybridized carbons (Fsp3) is 0.500. The Bertz CT molecular complexity index is 1070. The average molecular weight is 500 g/mol. The molecule has 4 aliphatic rings. The summed E-state index contributed by atoms with van der Waals surface area (Å²) < 4.78 is 6.57. The van der Waals surface area contributed by atoms with Crippen LogP contribution >= 0.6 is 11.6 Å². The lowest BCUT2D eigenvalue weighted by atomic mass is 9.77. The summed E-state index contributed by atoms with van der Waals surface area (Å²) in [7, 11) is 1.72. The SMILES string of the molecule is CN1CC=C[C@@H]2O[C@]34C=CCN(c5ccc(Cl)cc5)C(=O)C3N(CCCCCO)C(=O)[C@@H]4[C@@H]2C1=O. The molecule has 8 nitrogen and oxygen atoms in total. The van der Waals surface area contributed by atoms with Gasteiger partial charge in [0.05, 0.1) is 17.9 Å². The largest absolute Gasteiger partial charge is 0.396 e. The number of nitrogens with zero attached hydrogens (tertiary/aromatic N) is 3. The Hall–Kier alpha value is -2.68. The minimum atomic E-state index is -1.22. The van der Waals surface area contributed by atoms with Crippen molar-refractivity contribution < 1.29 is 24.2 Å². The molecule has 0 bridgehead atoms. The highest BCUT2D eigenvalue weighted by atomic mass is 35.5. The Labute approximate surface area is 209 Å². The molecule has 3 amide bonds. The Morgan fingerprint density at radius 2 is 1.80 bits per heavy atom. The highest BCUT2D eigenvalue weighted by Gasteiger charge is 2.71. The maximum atomic E-state index is 14.1. The number of carbonyl (C=O) groups excluding carboxylic acids is 3. The number of amides is 3. The number of halogens is 1. The second-order valence-corrected chi connectivity index (χ2v) is 10.1. The molecule has 1 N–H and O–H groups in total. The van der Waals surface area contributed by atoms with Gasteiger partial charge < -0.3 is 24.5 Å². The molecule has 2 saturated heterocycles. The quantitative estimate of drug-likeness (QED) is 0.477. The van der Waals surface area contributed by atoms with Crippen molar-refractivity contribution in [2.45, 2.75) is 37.0 Å². The number of unbranched alkanes of at least 4 members (excludes halogenated alkanes) is 2. The number of carbonyl (C=O) groups is 3. The van der Waals surface area contributed by atoms with Gasteiger partial charge in [-0.3, -0.25) is 14.4 Å². The summed E-state index contributed by atoms with van der Waals surface area (Å²) in [5.74, 6) is -2.07. The van der Waals surface area contributed by atoms with Crippen molar-refractivity contribution >= 4 is 35.0 Å². The number of rotatable bonds is 6. The van der Waals surface area contributed by atoms with Crippen molar-refractivity contribution in [2.75, 3.05) is 38.2 Å². The van der Waals surface area contributed by atoms with E-state index in [0.717, 1.165) is 6.42 Å². The molecule has 2 fully saturated rings. The van der Waals surface area contributed by atoms with E-state index in [1.807, 2.05) is 24.3 Å². The molecule has 0 aliphatic carbocycles. The number of likely N-dealkylation sites (tertiary alicyclic amines) is 1. The van der Waals surface area contributed by atoms with Crippen molar-refractivity contribution in [3.63, 3.8) is 0 Å². The lowest BCUT2D eigenvalue weighted by Crippen LogP contribution is -2.55. The highest BCUT2D eigenvalue weighted by Crippen LogP contribution is 2.53. The number of aliphatic hydroxyl groups is 1. The molecular formula is C26H30ClN3O5. The zero-order valence-corrected chi connectivity index (χ0v) is 20.4. The molecule has 4 aliphatic heterocycles. The third-order valence-electron chi connectivity index (χ3n) is 7.56. The fourth-order valence-corrected chi connectivity index (χ4v) is 6.05. The third-order valence-corrected chi connectivity index (χ3v) is 7.81. The van der Waals surface area contributed by atoms with Gasteiger partial charge in [-0.2, -0.15) is 0 Å². The standard InChI is InChI=1S/C26H30ClN3O5/c1-28-13-5-7-19-20(23(28)32)21-24(33)30(14-3-2-4-16-31)22-25(34)29(15-6-12-26(21,22)35-19)18-10-8-17(27)9-11-18/h5-12,19-22,31H,2-4,13-16H2,1H3/t19-,20+,21-,22?,26-/m0/s1. The van der Waals surface area contributed by atoms with E-state index in [2.05, 4.69) is 0 Å². The molecule has 5 rings (SSSR count). The molecule has 5 atom stereocenters. The Kier molecular flexibility index (Phi) is 6.46. The van der Waals surface area contributed by atoms with E-state index >= 15 is 0 Å². The van der Waals surface area contributed by atoms with Gasteiger partial charge in [-0.1, -0.05) is 35.9 Å². The average Bonchev–Trinajstić information content (AvgIpc) is 3.16. The number of hydrogen-bond donors (Lipinski definition) is 1. The maximum Gasteiger partial charge on any atom is 0.253 e. The lowest BCUT2D eigenvalue weighted by molar-refractivity contribution is -0.143. The second kappa shape index (κ2) is 9.41.